The Kier molecular flexibility index (Phi) is 6.69. The van der Waals surface area contributed by atoms with Crippen LogP contribution >= 0.6 is 0 Å². The van der Waals surface area contributed by atoms with E-state index in [9.17, 15) is 4.79 Å². The van der Waals surface area contributed by atoms with E-state index in [-0.39, 0.29) is 11.4 Å². The van der Waals surface area contributed by atoms with Crippen LogP contribution in [0.5, 0.6) is 0 Å². The lowest BCUT2D eigenvalue weighted by molar-refractivity contribution is -0.123. The van der Waals surface area contributed by atoms with Gasteiger partial charge in [-0.15, -0.1) is 0 Å². The quantitative estimate of drug-likeness (QED) is 0.589. The van der Waals surface area contributed by atoms with Gasteiger partial charge < -0.3 is 11.1 Å². The molecule has 3 nitrogen and oxygen atoms in total. The fourth-order valence-electron chi connectivity index (χ4n) is 2.49. The smallest absolute Gasteiger partial charge is 0.220 e. The number of hydrogen-bond donors (Lipinski definition) is 2. The minimum absolute atomic E-state index is 0.153. The largest absolute Gasteiger partial charge is 0.349 e. The van der Waals surface area contributed by atoms with E-state index in [4.69, 9.17) is 5.73 Å². The van der Waals surface area contributed by atoms with Crippen LogP contribution in [-0.2, 0) is 4.79 Å². The Labute approximate surface area is 112 Å². The Balaban J connectivity index is 2.09. The van der Waals surface area contributed by atoms with Crippen LogP contribution < -0.4 is 11.1 Å². The van der Waals surface area contributed by atoms with Crippen LogP contribution in [0.15, 0.2) is 0 Å². The summed E-state index contributed by atoms with van der Waals surface area (Å²) < 4.78 is 0. The molecular formula is C15H30N2O. The molecule has 0 aromatic rings. The maximum atomic E-state index is 11.9. The zero-order valence-corrected chi connectivity index (χ0v) is 12.1. The van der Waals surface area contributed by atoms with Crippen LogP contribution in [0.25, 0.3) is 0 Å². The van der Waals surface area contributed by atoms with Crippen molar-refractivity contribution in [3.63, 3.8) is 0 Å². The summed E-state index contributed by atoms with van der Waals surface area (Å²) in [6, 6.07) is 0. The van der Waals surface area contributed by atoms with Crippen LogP contribution in [0.1, 0.15) is 71.6 Å². The average Bonchev–Trinajstić information content (AvgIpc) is 3.18. The second-order valence-corrected chi connectivity index (χ2v) is 5.96. The fourth-order valence-corrected chi connectivity index (χ4v) is 2.49. The van der Waals surface area contributed by atoms with Crippen molar-refractivity contribution in [1.82, 2.24) is 5.32 Å². The number of rotatable bonds is 10. The summed E-state index contributed by atoms with van der Waals surface area (Å²) in [7, 11) is 0. The number of nitrogens with one attached hydrogen (secondary N) is 1. The molecule has 0 aliphatic heterocycles. The highest BCUT2D eigenvalue weighted by atomic mass is 16.1. The molecule has 0 bridgehead atoms. The van der Waals surface area contributed by atoms with Crippen molar-refractivity contribution in [2.45, 2.75) is 77.2 Å². The first kappa shape index (κ1) is 15.5. The number of carbonyl (C=O) groups excluding carboxylic acids is 1. The van der Waals surface area contributed by atoms with Gasteiger partial charge in [-0.05, 0) is 32.1 Å². The predicted molar refractivity (Wildman–Crippen MR) is 76.3 cm³/mol. The molecule has 0 radical (unpaired) electrons. The number of unbranched alkanes of at least 4 members (excludes halogenated alkanes) is 5. The van der Waals surface area contributed by atoms with Crippen molar-refractivity contribution in [2.75, 3.05) is 6.54 Å². The number of carbonyl (C=O) groups is 1. The second-order valence-electron chi connectivity index (χ2n) is 5.96. The van der Waals surface area contributed by atoms with E-state index in [2.05, 4.69) is 19.2 Å². The van der Waals surface area contributed by atoms with Gasteiger partial charge in [0.05, 0.1) is 5.54 Å². The molecule has 1 aliphatic rings. The molecule has 3 N–H and O–H groups in total. The molecular weight excluding hydrogens is 224 g/mol. The average molecular weight is 254 g/mol. The van der Waals surface area contributed by atoms with E-state index < -0.39 is 0 Å². The minimum atomic E-state index is -0.153. The molecule has 1 rings (SSSR count). The van der Waals surface area contributed by atoms with Crippen LogP contribution in [0, 0.1) is 5.92 Å². The topological polar surface area (TPSA) is 55.1 Å². The van der Waals surface area contributed by atoms with Gasteiger partial charge >= 0.3 is 0 Å². The molecule has 0 aromatic carbocycles. The molecule has 0 heterocycles. The number of amides is 1. The summed E-state index contributed by atoms with van der Waals surface area (Å²) in [6.45, 7) is 4.86. The van der Waals surface area contributed by atoms with Gasteiger partial charge in [0.25, 0.3) is 0 Å². The van der Waals surface area contributed by atoms with Crippen LogP contribution in [0.3, 0.4) is 0 Å². The Morgan fingerprint density at radius 3 is 2.39 bits per heavy atom. The third-order valence-electron chi connectivity index (χ3n) is 4.08. The molecule has 18 heavy (non-hydrogen) atoms. The summed E-state index contributed by atoms with van der Waals surface area (Å²) in [5.74, 6) is 0.793. The van der Waals surface area contributed by atoms with Gasteiger partial charge in [-0.25, -0.2) is 0 Å². The fraction of sp³-hybridized carbons (Fsp3) is 0.933. The summed E-state index contributed by atoms with van der Waals surface area (Å²) in [6.07, 6.45) is 10.4. The molecule has 1 atom stereocenters. The van der Waals surface area contributed by atoms with Crippen molar-refractivity contribution >= 4 is 5.91 Å². The Morgan fingerprint density at radius 2 is 1.83 bits per heavy atom. The molecule has 3 heteroatoms. The van der Waals surface area contributed by atoms with Gasteiger partial charge in [-0.3, -0.25) is 4.79 Å². The molecule has 0 spiro atoms. The number of hydrogen-bond acceptors (Lipinski definition) is 2. The van der Waals surface area contributed by atoms with E-state index >= 15 is 0 Å². The number of nitrogens with two attached hydrogens (primary N) is 1. The molecule has 106 valence electrons. The summed E-state index contributed by atoms with van der Waals surface area (Å²) >= 11 is 0. The molecule has 1 aliphatic carbocycles. The van der Waals surface area contributed by atoms with E-state index in [0.29, 0.717) is 18.9 Å². The first-order chi connectivity index (χ1) is 8.62. The van der Waals surface area contributed by atoms with Gasteiger partial charge in [0.2, 0.25) is 5.91 Å². The van der Waals surface area contributed by atoms with Crippen molar-refractivity contribution in [2.24, 2.45) is 11.7 Å². The summed E-state index contributed by atoms with van der Waals surface area (Å²) in [5.41, 5.74) is 5.64. The van der Waals surface area contributed by atoms with Crippen molar-refractivity contribution in [1.29, 1.82) is 0 Å². The predicted octanol–water partition coefficient (Wildman–Crippen LogP) is 2.98. The molecule has 1 amide bonds. The van der Waals surface area contributed by atoms with Crippen LogP contribution in [0.2, 0.25) is 0 Å². The maximum absolute atomic E-state index is 11.9. The SMILES string of the molecule is CCCCCCCCC(=O)NC(C)(CN)C1CC1. The zero-order chi connectivity index (χ0) is 13.4. The van der Waals surface area contributed by atoms with Crippen LogP contribution in [0.4, 0.5) is 0 Å². The minimum Gasteiger partial charge on any atom is -0.349 e. The lowest BCUT2D eigenvalue weighted by Gasteiger charge is -2.29. The lowest BCUT2D eigenvalue weighted by atomic mass is 9.95. The summed E-state index contributed by atoms with van der Waals surface area (Å²) in [4.78, 5) is 11.9. The van der Waals surface area contributed by atoms with Gasteiger partial charge in [0.1, 0.15) is 0 Å². The Hall–Kier alpha value is -0.570. The van der Waals surface area contributed by atoms with Crippen molar-refractivity contribution in [3.8, 4) is 0 Å². The molecule has 1 saturated carbocycles. The van der Waals surface area contributed by atoms with Gasteiger partial charge in [0, 0.05) is 13.0 Å². The van der Waals surface area contributed by atoms with Crippen molar-refractivity contribution < 1.29 is 4.79 Å². The normalized spacial score (nSPS) is 18.4. The lowest BCUT2D eigenvalue weighted by Crippen LogP contribution is -2.53. The summed E-state index contributed by atoms with van der Waals surface area (Å²) in [5, 5.41) is 3.14. The first-order valence-electron chi connectivity index (χ1n) is 7.63. The Bertz CT molecular complexity index is 251. The third-order valence-corrected chi connectivity index (χ3v) is 4.08. The van der Waals surface area contributed by atoms with Crippen LogP contribution in [-0.4, -0.2) is 18.0 Å². The maximum Gasteiger partial charge on any atom is 0.220 e. The third kappa shape index (κ3) is 5.38. The molecule has 1 unspecified atom stereocenters. The highest BCUT2D eigenvalue weighted by molar-refractivity contribution is 5.76. The second kappa shape index (κ2) is 7.78. The van der Waals surface area contributed by atoms with E-state index in [0.717, 1.165) is 6.42 Å². The van der Waals surface area contributed by atoms with Gasteiger partial charge in [0.15, 0.2) is 0 Å². The van der Waals surface area contributed by atoms with Gasteiger partial charge in [-0.1, -0.05) is 39.0 Å². The zero-order valence-electron chi connectivity index (χ0n) is 12.1. The Morgan fingerprint density at radius 1 is 1.22 bits per heavy atom. The highest BCUT2D eigenvalue weighted by Crippen LogP contribution is 2.38. The van der Waals surface area contributed by atoms with E-state index in [1.54, 1.807) is 0 Å². The van der Waals surface area contributed by atoms with E-state index in [1.807, 2.05) is 0 Å². The molecule has 0 aromatic heterocycles. The first-order valence-corrected chi connectivity index (χ1v) is 7.63. The standard InChI is InChI=1S/C15H30N2O/c1-3-4-5-6-7-8-9-14(18)17-15(2,12-16)13-10-11-13/h13H,3-12,16H2,1-2H3,(H,17,18). The highest BCUT2D eigenvalue weighted by Gasteiger charge is 2.41. The van der Waals surface area contributed by atoms with E-state index in [1.165, 1.54) is 44.9 Å². The molecule has 1 fully saturated rings. The van der Waals surface area contributed by atoms with Gasteiger partial charge in [-0.2, -0.15) is 0 Å². The monoisotopic (exact) mass is 254 g/mol. The van der Waals surface area contributed by atoms with Crippen molar-refractivity contribution in [3.05, 3.63) is 0 Å². The molecule has 0 saturated heterocycles.